The molecule has 4 aromatic rings. The summed E-state index contributed by atoms with van der Waals surface area (Å²) in [5, 5.41) is 0.639. The van der Waals surface area contributed by atoms with Gasteiger partial charge in [-0.1, -0.05) is 30.3 Å². The highest BCUT2D eigenvalue weighted by atomic mass is 16.6. The van der Waals surface area contributed by atoms with E-state index in [4.69, 9.17) is 23.9 Å². The molecule has 0 radical (unpaired) electrons. The molecule has 9 nitrogen and oxygen atoms in total. The van der Waals surface area contributed by atoms with Gasteiger partial charge < -0.3 is 18.9 Å². The number of fused-ring (bicyclic) bond motifs is 2. The minimum atomic E-state index is -0.906. The number of pyridine rings is 1. The number of hydrazine groups is 1. The fourth-order valence-electron chi connectivity index (χ4n) is 3.92. The van der Waals surface area contributed by atoms with Crippen molar-refractivity contribution < 1.29 is 28.5 Å². The summed E-state index contributed by atoms with van der Waals surface area (Å²) in [4.78, 5) is 30.5. The van der Waals surface area contributed by atoms with Crippen molar-refractivity contribution >= 4 is 22.7 Å². The lowest BCUT2D eigenvalue weighted by atomic mass is 10.0. The Morgan fingerprint density at radius 3 is 2.44 bits per heavy atom. The van der Waals surface area contributed by atoms with E-state index in [1.54, 1.807) is 56.7 Å². The summed E-state index contributed by atoms with van der Waals surface area (Å²) in [6.07, 6.45) is -0.906. The predicted octanol–water partition coefficient (Wildman–Crippen LogP) is 3.52. The molecule has 1 aliphatic rings. The Hall–Kier alpha value is -4.79. The van der Waals surface area contributed by atoms with E-state index in [1.165, 1.54) is 0 Å². The molecule has 0 saturated carbocycles. The van der Waals surface area contributed by atoms with Crippen LogP contribution in [0.15, 0.2) is 72.8 Å². The van der Waals surface area contributed by atoms with Gasteiger partial charge in [-0.25, -0.2) is 4.98 Å². The third-order valence-corrected chi connectivity index (χ3v) is 5.74. The number of carbonyl (C=O) groups excluding carboxylic acids is 2. The first-order valence-electron chi connectivity index (χ1n) is 11.2. The molecule has 0 aliphatic carbocycles. The molecule has 36 heavy (non-hydrogen) atoms. The van der Waals surface area contributed by atoms with Crippen molar-refractivity contribution in [1.29, 1.82) is 0 Å². The molecular formula is C27H23N3O6. The Balaban J connectivity index is 1.38. The number of ether oxygens (including phenoxy) is 4. The van der Waals surface area contributed by atoms with Crippen molar-refractivity contribution in [1.82, 2.24) is 15.8 Å². The topological polar surface area (TPSA) is 108 Å². The maximum Gasteiger partial charge on any atom is 0.283 e. The molecule has 3 aromatic carbocycles. The molecule has 1 unspecified atom stereocenters. The lowest BCUT2D eigenvalue weighted by molar-refractivity contribution is -0.131. The van der Waals surface area contributed by atoms with Crippen molar-refractivity contribution in [3.8, 4) is 34.3 Å². The Morgan fingerprint density at radius 2 is 1.64 bits per heavy atom. The van der Waals surface area contributed by atoms with Gasteiger partial charge in [0.05, 0.1) is 31.0 Å². The van der Waals surface area contributed by atoms with Gasteiger partial charge in [-0.05, 0) is 42.5 Å². The standard InChI is InChI=1S/C27H23N3O6/c1-33-21-12-11-16(13-24(21)34-2)20-14-18(17-7-3-4-8-19(17)28-20)26(31)29-30-27(32)25-15-35-22-9-5-6-10-23(22)36-25/h3-14,25H,15H2,1-2H3,(H,29,31)(H,30,32). The summed E-state index contributed by atoms with van der Waals surface area (Å²) in [6, 6.07) is 21.4. The van der Waals surface area contributed by atoms with Gasteiger partial charge in [-0.3, -0.25) is 20.4 Å². The molecule has 0 fully saturated rings. The van der Waals surface area contributed by atoms with Gasteiger partial charge in [-0.2, -0.15) is 0 Å². The largest absolute Gasteiger partial charge is 0.493 e. The van der Waals surface area contributed by atoms with Gasteiger partial charge in [0.1, 0.15) is 6.61 Å². The number of para-hydroxylation sites is 3. The predicted molar refractivity (Wildman–Crippen MR) is 132 cm³/mol. The Bertz CT molecular complexity index is 1450. The van der Waals surface area contributed by atoms with Crippen LogP contribution in [0.25, 0.3) is 22.2 Å². The van der Waals surface area contributed by atoms with Crippen LogP contribution in [0.1, 0.15) is 10.4 Å². The average Bonchev–Trinajstić information content (AvgIpc) is 2.94. The van der Waals surface area contributed by atoms with E-state index in [0.29, 0.717) is 45.2 Å². The number of hydrogen-bond donors (Lipinski definition) is 2. The van der Waals surface area contributed by atoms with Gasteiger partial charge in [-0.15, -0.1) is 0 Å². The second-order valence-corrected chi connectivity index (χ2v) is 7.95. The smallest absolute Gasteiger partial charge is 0.283 e. The molecule has 182 valence electrons. The highest BCUT2D eigenvalue weighted by Gasteiger charge is 2.28. The van der Waals surface area contributed by atoms with Gasteiger partial charge in [0.2, 0.25) is 6.10 Å². The van der Waals surface area contributed by atoms with Gasteiger partial charge in [0.15, 0.2) is 23.0 Å². The molecule has 5 rings (SSSR count). The summed E-state index contributed by atoms with van der Waals surface area (Å²) >= 11 is 0. The van der Waals surface area contributed by atoms with Crippen LogP contribution in [-0.4, -0.2) is 43.7 Å². The number of methoxy groups -OCH3 is 2. The van der Waals surface area contributed by atoms with Crippen LogP contribution in [0.4, 0.5) is 0 Å². The highest BCUT2D eigenvalue weighted by molar-refractivity contribution is 6.07. The first-order chi connectivity index (χ1) is 17.6. The quantitative estimate of drug-likeness (QED) is 0.417. The van der Waals surface area contributed by atoms with E-state index < -0.39 is 17.9 Å². The van der Waals surface area contributed by atoms with Crippen LogP contribution < -0.4 is 29.8 Å². The number of hydrogen-bond acceptors (Lipinski definition) is 7. The van der Waals surface area contributed by atoms with Crippen molar-refractivity contribution in [2.45, 2.75) is 6.10 Å². The zero-order valence-electron chi connectivity index (χ0n) is 19.6. The first-order valence-corrected chi connectivity index (χ1v) is 11.2. The maximum absolute atomic E-state index is 13.2. The van der Waals surface area contributed by atoms with E-state index in [2.05, 4.69) is 10.9 Å². The number of aromatic nitrogens is 1. The molecule has 1 atom stereocenters. The van der Waals surface area contributed by atoms with Crippen LogP contribution in [0, 0.1) is 0 Å². The van der Waals surface area contributed by atoms with Crippen LogP contribution in [0.3, 0.4) is 0 Å². The zero-order valence-corrected chi connectivity index (χ0v) is 19.6. The third-order valence-electron chi connectivity index (χ3n) is 5.74. The maximum atomic E-state index is 13.2. The molecular weight excluding hydrogens is 462 g/mol. The van der Waals surface area contributed by atoms with E-state index in [1.807, 2.05) is 30.3 Å². The van der Waals surface area contributed by atoms with Gasteiger partial charge in [0.25, 0.3) is 11.8 Å². The third kappa shape index (κ3) is 4.46. The number of amides is 2. The molecule has 0 spiro atoms. The van der Waals surface area contributed by atoms with Crippen molar-refractivity contribution in [3.63, 3.8) is 0 Å². The van der Waals surface area contributed by atoms with E-state index in [9.17, 15) is 9.59 Å². The van der Waals surface area contributed by atoms with Crippen molar-refractivity contribution in [3.05, 3.63) is 78.4 Å². The number of carbonyl (C=O) groups is 2. The lowest BCUT2D eigenvalue weighted by Gasteiger charge is -2.25. The first kappa shape index (κ1) is 23.0. The lowest BCUT2D eigenvalue weighted by Crippen LogP contribution is -2.50. The average molecular weight is 485 g/mol. The number of nitrogens with one attached hydrogen (secondary N) is 2. The van der Waals surface area contributed by atoms with Gasteiger partial charge >= 0.3 is 0 Å². The van der Waals surface area contributed by atoms with Crippen molar-refractivity contribution in [2.24, 2.45) is 0 Å². The molecule has 2 amide bonds. The summed E-state index contributed by atoms with van der Waals surface area (Å²) < 4.78 is 22.0. The second-order valence-electron chi connectivity index (χ2n) is 7.95. The molecule has 2 N–H and O–H groups in total. The molecule has 9 heteroatoms. The summed E-state index contributed by atoms with van der Waals surface area (Å²) in [5.74, 6) is 1.13. The molecule has 0 bridgehead atoms. The highest BCUT2D eigenvalue weighted by Crippen LogP contribution is 2.33. The zero-order chi connectivity index (χ0) is 25.1. The normalized spacial score (nSPS) is 14.1. The van der Waals surface area contributed by atoms with Gasteiger partial charge in [0, 0.05) is 10.9 Å². The number of benzene rings is 3. The second kappa shape index (κ2) is 9.83. The molecule has 1 aliphatic heterocycles. The summed E-state index contributed by atoms with van der Waals surface area (Å²) in [6.45, 7) is 0.0281. The SMILES string of the molecule is COc1ccc(-c2cc(C(=O)NNC(=O)C3COc4ccccc4O3)c3ccccc3n2)cc1OC. The fourth-order valence-corrected chi connectivity index (χ4v) is 3.92. The van der Waals surface area contributed by atoms with Crippen LogP contribution >= 0.6 is 0 Å². The summed E-state index contributed by atoms with van der Waals surface area (Å²) in [7, 11) is 3.11. The van der Waals surface area contributed by atoms with Crippen LogP contribution in [-0.2, 0) is 4.79 Å². The van der Waals surface area contributed by atoms with E-state index in [0.717, 1.165) is 5.56 Å². The fraction of sp³-hybridized carbons (Fsp3) is 0.148. The van der Waals surface area contributed by atoms with Crippen LogP contribution in [0.2, 0.25) is 0 Å². The Labute approximate surface area is 206 Å². The number of nitrogens with zero attached hydrogens (tertiary/aromatic N) is 1. The number of rotatable bonds is 5. The minimum absolute atomic E-state index is 0.0281. The molecule has 1 aromatic heterocycles. The van der Waals surface area contributed by atoms with E-state index in [-0.39, 0.29) is 6.61 Å². The van der Waals surface area contributed by atoms with Crippen LogP contribution in [0.5, 0.6) is 23.0 Å². The molecule has 0 saturated heterocycles. The minimum Gasteiger partial charge on any atom is -0.493 e. The summed E-state index contributed by atoms with van der Waals surface area (Å²) in [5.41, 5.74) is 7.20. The Kier molecular flexibility index (Phi) is 6.27. The monoisotopic (exact) mass is 485 g/mol. The Morgan fingerprint density at radius 1 is 0.889 bits per heavy atom. The van der Waals surface area contributed by atoms with E-state index >= 15 is 0 Å². The van der Waals surface area contributed by atoms with Crippen molar-refractivity contribution in [2.75, 3.05) is 20.8 Å². The molecule has 2 heterocycles.